The Morgan fingerprint density at radius 3 is 2.75 bits per heavy atom. The van der Waals surface area contributed by atoms with E-state index in [1.54, 1.807) is 24.3 Å². The molecule has 0 saturated carbocycles. The van der Waals surface area contributed by atoms with Gasteiger partial charge in [-0.15, -0.1) is 0 Å². The molecule has 4 nitrogen and oxygen atoms in total. The normalized spacial score (nSPS) is 10.1. The number of nitrogens with zero attached hydrogens (tertiary/aromatic N) is 1. The molecule has 2 aromatic rings. The lowest BCUT2D eigenvalue weighted by Gasteiger charge is -2.04. The van der Waals surface area contributed by atoms with Gasteiger partial charge in [-0.1, -0.05) is 21.1 Å². The fourth-order valence-corrected chi connectivity index (χ4v) is 2.36. The number of halogens is 2. The molecule has 82 valence electrons. The third-order valence-corrected chi connectivity index (χ3v) is 3.00. The van der Waals surface area contributed by atoms with Crippen LogP contribution in [0.1, 0.15) is 10.4 Å². The molecule has 0 aliphatic carbocycles. The summed E-state index contributed by atoms with van der Waals surface area (Å²) in [6.45, 7) is 0. The van der Waals surface area contributed by atoms with E-state index in [2.05, 4.69) is 46.9 Å². The second-order valence-electron chi connectivity index (χ2n) is 2.96. The molecule has 1 heterocycles. The number of carbonyl (C=O) groups is 1. The van der Waals surface area contributed by atoms with Crippen molar-refractivity contribution in [3.05, 3.63) is 45.0 Å². The molecule has 0 saturated heterocycles. The lowest BCUT2D eigenvalue weighted by atomic mass is 10.2. The highest BCUT2D eigenvalue weighted by molar-refractivity contribution is 9.11. The van der Waals surface area contributed by atoms with Crippen LogP contribution in [0.3, 0.4) is 0 Å². The topological polar surface area (TPSA) is 55.1 Å². The molecule has 0 fully saturated rings. The quantitative estimate of drug-likeness (QED) is 0.906. The standard InChI is InChI=1S/C10H6Br2N2O2/c11-6-1-2-7(8(12)5-6)10(15)13-9-3-4-16-14-9/h1-5H,(H,13,14,15). The Morgan fingerprint density at radius 2 is 2.12 bits per heavy atom. The second kappa shape index (κ2) is 4.80. The lowest BCUT2D eigenvalue weighted by molar-refractivity contribution is 0.102. The van der Waals surface area contributed by atoms with Crippen molar-refractivity contribution in [2.45, 2.75) is 0 Å². The summed E-state index contributed by atoms with van der Waals surface area (Å²) in [5, 5.41) is 6.21. The maximum atomic E-state index is 11.8. The number of hydrogen-bond acceptors (Lipinski definition) is 3. The Morgan fingerprint density at radius 1 is 1.31 bits per heavy atom. The number of benzene rings is 1. The van der Waals surface area contributed by atoms with E-state index >= 15 is 0 Å². The summed E-state index contributed by atoms with van der Waals surface area (Å²) in [5.41, 5.74) is 0.534. The van der Waals surface area contributed by atoms with Crippen LogP contribution >= 0.6 is 31.9 Å². The molecular formula is C10H6Br2N2O2. The van der Waals surface area contributed by atoms with Crippen LogP contribution in [-0.4, -0.2) is 11.1 Å². The monoisotopic (exact) mass is 344 g/mol. The SMILES string of the molecule is O=C(Nc1ccon1)c1ccc(Br)cc1Br. The first-order chi connectivity index (χ1) is 7.66. The first kappa shape index (κ1) is 11.3. The largest absolute Gasteiger partial charge is 0.363 e. The maximum Gasteiger partial charge on any atom is 0.258 e. The van der Waals surface area contributed by atoms with Gasteiger partial charge in [0.1, 0.15) is 6.26 Å². The highest BCUT2D eigenvalue weighted by Crippen LogP contribution is 2.22. The van der Waals surface area contributed by atoms with E-state index < -0.39 is 0 Å². The van der Waals surface area contributed by atoms with Crippen molar-refractivity contribution in [3.63, 3.8) is 0 Å². The minimum absolute atomic E-state index is 0.242. The molecule has 0 spiro atoms. The third kappa shape index (κ3) is 2.51. The predicted octanol–water partition coefficient (Wildman–Crippen LogP) is 3.45. The van der Waals surface area contributed by atoms with Gasteiger partial charge in [0.15, 0.2) is 5.82 Å². The van der Waals surface area contributed by atoms with Crippen molar-refractivity contribution in [2.75, 3.05) is 5.32 Å². The van der Waals surface area contributed by atoms with Crippen molar-refractivity contribution in [2.24, 2.45) is 0 Å². The maximum absolute atomic E-state index is 11.8. The van der Waals surface area contributed by atoms with E-state index in [9.17, 15) is 4.79 Å². The highest BCUT2D eigenvalue weighted by Gasteiger charge is 2.11. The van der Waals surface area contributed by atoms with Crippen molar-refractivity contribution >= 4 is 43.6 Å². The number of anilines is 1. The van der Waals surface area contributed by atoms with Gasteiger partial charge in [0.05, 0.1) is 5.56 Å². The van der Waals surface area contributed by atoms with Gasteiger partial charge in [-0.3, -0.25) is 4.79 Å². The molecule has 0 aliphatic rings. The third-order valence-electron chi connectivity index (χ3n) is 1.86. The minimum Gasteiger partial charge on any atom is -0.363 e. The van der Waals surface area contributed by atoms with Crippen LogP contribution in [0.2, 0.25) is 0 Å². The van der Waals surface area contributed by atoms with Crippen LogP contribution in [0.4, 0.5) is 5.82 Å². The second-order valence-corrected chi connectivity index (χ2v) is 4.73. The Bertz CT molecular complexity index is 512. The van der Waals surface area contributed by atoms with Gasteiger partial charge in [0, 0.05) is 15.0 Å². The Balaban J connectivity index is 2.21. The summed E-state index contributed by atoms with van der Waals surface area (Å²) in [6, 6.07) is 6.88. The molecule has 1 aromatic heterocycles. The van der Waals surface area contributed by atoms with Gasteiger partial charge >= 0.3 is 0 Å². The number of aromatic nitrogens is 1. The van der Waals surface area contributed by atoms with Crippen LogP contribution in [0, 0.1) is 0 Å². The Labute approximate surface area is 108 Å². The predicted molar refractivity (Wildman–Crippen MR) is 66.3 cm³/mol. The highest BCUT2D eigenvalue weighted by atomic mass is 79.9. The van der Waals surface area contributed by atoms with E-state index in [0.29, 0.717) is 15.9 Å². The fourth-order valence-electron chi connectivity index (χ4n) is 1.13. The van der Waals surface area contributed by atoms with E-state index in [1.807, 2.05) is 0 Å². The molecule has 6 heteroatoms. The minimum atomic E-state index is -0.242. The van der Waals surface area contributed by atoms with E-state index in [4.69, 9.17) is 0 Å². The smallest absolute Gasteiger partial charge is 0.258 e. The molecule has 1 N–H and O–H groups in total. The average molecular weight is 346 g/mol. The van der Waals surface area contributed by atoms with Gasteiger partial charge in [-0.2, -0.15) is 0 Å². The summed E-state index contributed by atoms with van der Waals surface area (Å²) in [4.78, 5) is 11.8. The van der Waals surface area contributed by atoms with Crippen molar-refractivity contribution in [3.8, 4) is 0 Å². The number of amides is 1. The first-order valence-corrected chi connectivity index (χ1v) is 5.92. The molecule has 0 atom stereocenters. The molecule has 2 rings (SSSR count). The van der Waals surface area contributed by atoms with Gasteiger partial charge < -0.3 is 9.84 Å². The van der Waals surface area contributed by atoms with Crippen LogP contribution < -0.4 is 5.32 Å². The summed E-state index contributed by atoms with van der Waals surface area (Å²) >= 11 is 6.63. The van der Waals surface area contributed by atoms with Crippen LogP contribution in [-0.2, 0) is 0 Å². The van der Waals surface area contributed by atoms with Gasteiger partial charge in [0.2, 0.25) is 0 Å². The van der Waals surface area contributed by atoms with Crippen LogP contribution in [0.15, 0.2) is 44.0 Å². The Hall–Kier alpha value is -1.14. The molecular weight excluding hydrogens is 340 g/mol. The van der Waals surface area contributed by atoms with E-state index in [0.717, 1.165) is 4.47 Å². The number of carbonyl (C=O) groups excluding carboxylic acids is 1. The molecule has 1 aromatic carbocycles. The van der Waals surface area contributed by atoms with Crippen molar-refractivity contribution in [1.29, 1.82) is 0 Å². The van der Waals surface area contributed by atoms with Crippen LogP contribution in [0.5, 0.6) is 0 Å². The molecule has 0 bridgehead atoms. The summed E-state index contributed by atoms with van der Waals surface area (Å²) in [6.07, 6.45) is 1.40. The summed E-state index contributed by atoms with van der Waals surface area (Å²) < 4.78 is 6.23. The summed E-state index contributed by atoms with van der Waals surface area (Å²) in [7, 11) is 0. The van der Waals surface area contributed by atoms with E-state index in [1.165, 1.54) is 6.26 Å². The number of hydrogen-bond donors (Lipinski definition) is 1. The molecule has 0 radical (unpaired) electrons. The zero-order valence-electron chi connectivity index (χ0n) is 7.91. The molecule has 0 unspecified atom stereocenters. The van der Waals surface area contributed by atoms with Gasteiger partial charge in [-0.25, -0.2) is 0 Å². The lowest BCUT2D eigenvalue weighted by Crippen LogP contribution is -2.12. The summed E-state index contributed by atoms with van der Waals surface area (Å²) in [5.74, 6) is 0.146. The van der Waals surface area contributed by atoms with Crippen molar-refractivity contribution < 1.29 is 9.32 Å². The van der Waals surface area contributed by atoms with Gasteiger partial charge in [0.25, 0.3) is 5.91 Å². The first-order valence-electron chi connectivity index (χ1n) is 4.33. The Kier molecular flexibility index (Phi) is 3.40. The van der Waals surface area contributed by atoms with E-state index in [-0.39, 0.29) is 5.91 Å². The molecule has 1 amide bonds. The van der Waals surface area contributed by atoms with Crippen LogP contribution in [0.25, 0.3) is 0 Å². The number of rotatable bonds is 2. The van der Waals surface area contributed by atoms with Crippen molar-refractivity contribution in [1.82, 2.24) is 5.16 Å². The molecule has 0 aliphatic heterocycles. The average Bonchev–Trinajstić information content (AvgIpc) is 2.70. The molecule has 16 heavy (non-hydrogen) atoms. The number of nitrogens with one attached hydrogen (secondary N) is 1. The fraction of sp³-hybridized carbons (Fsp3) is 0. The zero-order valence-corrected chi connectivity index (χ0v) is 11.1. The van der Waals surface area contributed by atoms with Gasteiger partial charge in [-0.05, 0) is 34.1 Å². The zero-order chi connectivity index (χ0) is 11.5.